The first-order chi connectivity index (χ1) is 10.0. The Morgan fingerprint density at radius 2 is 1.81 bits per heavy atom. The third-order valence-electron chi connectivity index (χ3n) is 3.49. The van der Waals surface area contributed by atoms with Crippen LogP contribution in [0.1, 0.15) is 28.3 Å². The summed E-state index contributed by atoms with van der Waals surface area (Å²) in [6, 6.07) is 12.1. The van der Waals surface area contributed by atoms with Gasteiger partial charge in [0.05, 0.1) is 13.2 Å². The molecule has 112 valence electrons. The molecule has 0 aliphatic rings. The second kappa shape index (κ2) is 6.94. The van der Waals surface area contributed by atoms with E-state index < -0.39 is 0 Å². The zero-order valence-corrected chi connectivity index (χ0v) is 13.4. The van der Waals surface area contributed by atoms with Gasteiger partial charge in [-0.1, -0.05) is 47.0 Å². The van der Waals surface area contributed by atoms with Crippen molar-refractivity contribution in [3.8, 4) is 5.75 Å². The van der Waals surface area contributed by atoms with Gasteiger partial charge < -0.3 is 4.74 Å². The largest absolute Gasteiger partial charge is 0.496 e. The molecule has 1 unspecified atom stereocenters. The van der Waals surface area contributed by atoms with Crippen molar-refractivity contribution >= 4 is 11.6 Å². The average Bonchev–Trinajstić information content (AvgIpc) is 2.44. The van der Waals surface area contributed by atoms with Crippen LogP contribution in [0.15, 0.2) is 36.4 Å². The quantitative estimate of drug-likeness (QED) is 0.654. The Morgan fingerprint density at radius 3 is 2.38 bits per heavy atom. The van der Waals surface area contributed by atoms with Gasteiger partial charge in [0, 0.05) is 10.6 Å². The van der Waals surface area contributed by atoms with Crippen molar-refractivity contribution in [2.45, 2.75) is 26.3 Å². The Bertz CT molecular complexity index is 608. The maximum Gasteiger partial charge on any atom is 0.125 e. The van der Waals surface area contributed by atoms with E-state index in [-0.39, 0.29) is 6.04 Å². The van der Waals surface area contributed by atoms with Crippen LogP contribution in [-0.4, -0.2) is 7.11 Å². The second-order valence-electron chi connectivity index (χ2n) is 5.31. The van der Waals surface area contributed by atoms with Crippen LogP contribution in [0.4, 0.5) is 0 Å². The Balaban J connectivity index is 2.31. The minimum absolute atomic E-state index is 0.0292. The monoisotopic (exact) mass is 304 g/mol. The summed E-state index contributed by atoms with van der Waals surface area (Å²) in [5.41, 5.74) is 7.63. The van der Waals surface area contributed by atoms with E-state index in [0.717, 1.165) is 17.7 Å². The first-order valence-electron chi connectivity index (χ1n) is 6.90. The van der Waals surface area contributed by atoms with Crippen LogP contribution < -0.4 is 16.0 Å². The maximum atomic E-state index is 6.01. The predicted molar refractivity (Wildman–Crippen MR) is 87.7 cm³/mol. The first kappa shape index (κ1) is 15.8. The zero-order chi connectivity index (χ0) is 15.4. The van der Waals surface area contributed by atoms with Crippen LogP contribution in [0.2, 0.25) is 5.02 Å². The highest BCUT2D eigenvalue weighted by atomic mass is 35.5. The van der Waals surface area contributed by atoms with E-state index in [0.29, 0.717) is 5.02 Å². The number of hydrazine groups is 1. The average molecular weight is 305 g/mol. The fourth-order valence-corrected chi connectivity index (χ4v) is 2.82. The number of hydrogen-bond acceptors (Lipinski definition) is 3. The summed E-state index contributed by atoms with van der Waals surface area (Å²) in [5, 5.41) is 0.651. The minimum Gasteiger partial charge on any atom is -0.496 e. The molecule has 0 aliphatic carbocycles. The van der Waals surface area contributed by atoms with Gasteiger partial charge in [-0.15, -0.1) is 0 Å². The minimum atomic E-state index is -0.0292. The summed E-state index contributed by atoms with van der Waals surface area (Å²) in [6.07, 6.45) is 0.789. The Labute approximate surface area is 131 Å². The van der Waals surface area contributed by atoms with Crippen molar-refractivity contribution in [2.75, 3.05) is 7.11 Å². The molecule has 2 aromatic rings. The van der Waals surface area contributed by atoms with Crippen LogP contribution >= 0.6 is 11.6 Å². The van der Waals surface area contributed by atoms with E-state index >= 15 is 0 Å². The number of nitrogens with two attached hydrogens (primary N) is 1. The van der Waals surface area contributed by atoms with Gasteiger partial charge in [-0.25, -0.2) is 0 Å². The van der Waals surface area contributed by atoms with Crippen LogP contribution in [-0.2, 0) is 6.42 Å². The molecule has 3 nitrogen and oxygen atoms in total. The number of halogens is 1. The molecule has 3 N–H and O–H groups in total. The van der Waals surface area contributed by atoms with Gasteiger partial charge in [-0.3, -0.25) is 11.3 Å². The molecule has 0 radical (unpaired) electrons. The van der Waals surface area contributed by atoms with Crippen LogP contribution in [0.5, 0.6) is 5.75 Å². The number of rotatable bonds is 5. The van der Waals surface area contributed by atoms with E-state index in [4.69, 9.17) is 22.2 Å². The number of methoxy groups -OCH3 is 1. The summed E-state index contributed by atoms with van der Waals surface area (Å²) < 4.78 is 5.41. The molecule has 1 atom stereocenters. The van der Waals surface area contributed by atoms with Crippen LogP contribution in [0.25, 0.3) is 0 Å². The normalized spacial score (nSPS) is 12.2. The zero-order valence-electron chi connectivity index (χ0n) is 12.6. The van der Waals surface area contributed by atoms with Crippen molar-refractivity contribution in [1.29, 1.82) is 0 Å². The number of hydrogen-bond donors (Lipinski definition) is 2. The molecule has 0 fully saturated rings. The van der Waals surface area contributed by atoms with E-state index in [1.165, 1.54) is 16.7 Å². The summed E-state index contributed by atoms with van der Waals surface area (Å²) in [4.78, 5) is 0. The molecule has 0 saturated carbocycles. The van der Waals surface area contributed by atoms with Gasteiger partial charge in [0.2, 0.25) is 0 Å². The van der Waals surface area contributed by atoms with E-state index in [1.54, 1.807) is 7.11 Å². The van der Waals surface area contributed by atoms with Gasteiger partial charge >= 0.3 is 0 Å². The Hall–Kier alpha value is -1.55. The number of ether oxygens (including phenoxy) is 1. The third-order valence-corrected chi connectivity index (χ3v) is 3.73. The predicted octanol–water partition coefficient (Wildman–Crippen LogP) is 3.71. The lowest BCUT2D eigenvalue weighted by atomic mass is 9.96. The highest BCUT2D eigenvalue weighted by Crippen LogP contribution is 2.30. The standard InChI is InChI=1S/C17H21ClN2O/c1-11-6-12(2)8-13(7-11)9-16(20-19)15-5-4-14(18)10-17(15)21-3/h4-8,10,16,20H,9,19H2,1-3H3. The molecular weight excluding hydrogens is 284 g/mol. The number of benzene rings is 2. The molecule has 0 bridgehead atoms. The molecule has 0 aromatic heterocycles. The summed E-state index contributed by atoms with van der Waals surface area (Å²) in [6.45, 7) is 4.20. The topological polar surface area (TPSA) is 47.3 Å². The molecular formula is C17H21ClN2O. The summed E-state index contributed by atoms with van der Waals surface area (Å²) >= 11 is 6.01. The van der Waals surface area contributed by atoms with Gasteiger partial charge in [0.1, 0.15) is 5.75 Å². The first-order valence-corrected chi connectivity index (χ1v) is 7.28. The molecule has 0 heterocycles. The molecule has 21 heavy (non-hydrogen) atoms. The molecule has 0 saturated heterocycles. The van der Waals surface area contributed by atoms with Crippen molar-refractivity contribution in [1.82, 2.24) is 5.43 Å². The highest BCUT2D eigenvalue weighted by Gasteiger charge is 2.16. The fourth-order valence-electron chi connectivity index (χ4n) is 2.65. The van der Waals surface area contributed by atoms with Crippen LogP contribution in [0, 0.1) is 13.8 Å². The molecule has 0 spiro atoms. The molecule has 2 aromatic carbocycles. The van der Waals surface area contributed by atoms with Crippen molar-refractivity contribution in [3.63, 3.8) is 0 Å². The van der Waals surface area contributed by atoms with Crippen LogP contribution in [0.3, 0.4) is 0 Å². The molecule has 2 rings (SSSR count). The lowest BCUT2D eigenvalue weighted by Crippen LogP contribution is -2.30. The van der Waals surface area contributed by atoms with E-state index in [9.17, 15) is 0 Å². The van der Waals surface area contributed by atoms with Crippen molar-refractivity contribution in [2.24, 2.45) is 5.84 Å². The SMILES string of the molecule is COc1cc(Cl)ccc1C(Cc1cc(C)cc(C)c1)NN. The fraction of sp³-hybridized carbons (Fsp3) is 0.294. The van der Waals surface area contributed by atoms with Gasteiger partial charge in [0.25, 0.3) is 0 Å². The lowest BCUT2D eigenvalue weighted by molar-refractivity contribution is 0.399. The number of nitrogens with one attached hydrogen (secondary N) is 1. The van der Waals surface area contributed by atoms with Crippen molar-refractivity contribution < 1.29 is 4.74 Å². The van der Waals surface area contributed by atoms with Gasteiger partial charge in [-0.2, -0.15) is 0 Å². The molecule has 0 amide bonds. The Morgan fingerprint density at radius 1 is 1.14 bits per heavy atom. The van der Waals surface area contributed by atoms with Gasteiger partial charge in [-0.05, 0) is 38.0 Å². The Kier molecular flexibility index (Phi) is 5.23. The smallest absolute Gasteiger partial charge is 0.125 e. The third kappa shape index (κ3) is 3.97. The number of aryl methyl sites for hydroxylation is 2. The van der Waals surface area contributed by atoms with E-state index in [1.807, 2.05) is 18.2 Å². The van der Waals surface area contributed by atoms with Crippen molar-refractivity contribution in [3.05, 3.63) is 63.7 Å². The van der Waals surface area contributed by atoms with E-state index in [2.05, 4.69) is 37.5 Å². The molecule has 4 heteroatoms. The highest BCUT2D eigenvalue weighted by molar-refractivity contribution is 6.30. The van der Waals surface area contributed by atoms with Gasteiger partial charge in [0.15, 0.2) is 0 Å². The molecule has 0 aliphatic heterocycles. The summed E-state index contributed by atoms with van der Waals surface area (Å²) in [7, 11) is 1.64. The second-order valence-corrected chi connectivity index (χ2v) is 5.74. The lowest BCUT2D eigenvalue weighted by Gasteiger charge is -2.20. The summed E-state index contributed by atoms with van der Waals surface area (Å²) in [5.74, 6) is 6.50. The maximum absolute atomic E-state index is 6.01.